The lowest BCUT2D eigenvalue weighted by Crippen LogP contribution is -2.51. The van der Waals surface area contributed by atoms with E-state index >= 15 is 0 Å². The molecule has 26 heavy (non-hydrogen) atoms. The molecule has 4 aliphatic rings. The van der Waals surface area contributed by atoms with E-state index in [1.807, 2.05) is 0 Å². The molecule has 0 aromatic carbocycles. The van der Waals surface area contributed by atoms with E-state index < -0.39 is 0 Å². The standard InChI is InChI=1S/C24H41BrO/c1-4-11-24(26)13-10-18-17(14-24)5-6-20-19(18)9-12-23(3)21(16(2)15-25)7-8-22(20)23/h16-22,26H,4-15H2,1-3H3/t16?,17-,18-,19+,20+,21+,22-,23+,24+/m0/s1. The molecule has 150 valence electrons. The first kappa shape index (κ1) is 19.7. The lowest BCUT2D eigenvalue weighted by atomic mass is 9.48. The van der Waals surface area contributed by atoms with Crippen LogP contribution in [0, 0.1) is 46.8 Å². The van der Waals surface area contributed by atoms with Crippen LogP contribution in [0.1, 0.15) is 91.4 Å². The van der Waals surface area contributed by atoms with Crippen molar-refractivity contribution in [1.82, 2.24) is 0 Å². The molecule has 2 heteroatoms. The van der Waals surface area contributed by atoms with Crippen molar-refractivity contribution in [2.75, 3.05) is 5.33 Å². The van der Waals surface area contributed by atoms with Crippen LogP contribution in [0.15, 0.2) is 0 Å². The number of halogens is 1. The predicted octanol–water partition coefficient (Wildman–Crippen LogP) is 6.82. The van der Waals surface area contributed by atoms with Crippen molar-refractivity contribution in [1.29, 1.82) is 0 Å². The van der Waals surface area contributed by atoms with Gasteiger partial charge in [0.25, 0.3) is 0 Å². The van der Waals surface area contributed by atoms with Crippen LogP contribution in [0.4, 0.5) is 0 Å². The first-order valence-corrected chi connectivity index (χ1v) is 12.8. The third kappa shape index (κ3) is 3.14. The molecular formula is C24H41BrO. The van der Waals surface area contributed by atoms with Gasteiger partial charge >= 0.3 is 0 Å². The van der Waals surface area contributed by atoms with Crippen molar-refractivity contribution >= 4 is 15.9 Å². The van der Waals surface area contributed by atoms with Gasteiger partial charge in [0, 0.05) is 5.33 Å². The van der Waals surface area contributed by atoms with Gasteiger partial charge in [-0.2, -0.15) is 0 Å². The van der Waals surface area contributed by atoms with E-state index in [0.717, 1.165) is 67.1 Å². The first-order chi connectivity index (χ1) is 12.4. The summed E-state index contributed by atoms with van der Waals surface area (Å²) in [6.45, 7) is 7.37. The van der Waals surface area contributed by atoms with E-state index in [1.165, 1.54) is 50.3 Å². The van der Waals surface area contributed by atoms with Crippen LogP contribution in [0.3, 0.4) is 0 Å². The second-order valence-electron chi connectivity index (χ2n) is 11.0. The summed E-state index contributed by atoms with van der Waals surface area (Å²) in [5.41, 5.74) is 0.286. The van der Waals surface area contributed by atoms with Gasteiger partial charge in [0.1, 0.15) is 0 Å². The normalized spacial score (nSPS) is 52.0. The first-order valence-electron chi connectivity index (χ1n) is 11.7. The van der Waals surface area contributed by atoms with Gasteiger partial charge in [0.2, 0.25) is 0 Å². The summed E-state index contributed by atoms with van der Waals surface area (Å²) in [7, 11) is 0. The predicted molar refractivity (Wildman–Crippen MR) is 113 cm³/mol. The minimum Gasteiger partial charge on any atom is -0.390 e. The Hall–Kier alpha value is 0.440. The van der Waals surface area contributed by atoms with Crippen LogP contribution in [0.2, 0.25) is 0 Å². The minimum absolute atomic E-state index is 0.324. The topological polar surface area (TPSA) is 20.2 Å². The van der Waals surface area contributed by atoms with Crippen LogP contribution in [-0.2, 0) is 0 Å². The summed E-state index contributed by atoms with van der Waals surface area (Å²) < 4.78 is 0. The SMILES string of the molecule is CCC[C@@]1(O)CC[C@H]2[C@@H](CC[C@@H]3[C@@H]2CC[C@]2(C)[C@@H](C(C)CBr)CC[C@@H]32)C1. The molecule has 1 nitrogen and oxygen atoms in total. The summed E-state index contributed by atoms with van der Waals surface area (Å²) in [6.07, 6.45) is 14.5. The van der Waals surface area contributed by atoms with Crippen molar-refractivity contribution in [3.8, 4) is 0 Å². The molecule has 0 bridgehead atoms. The molecule has 0 aromatic rings. The number of fused-ring (bicyclic) bond motifs is 5. The highest BCUT2D eigenvalue weighted by Gasteiger charge is 2.58. The summed E-state index contributed by atoms with van der Waals surface area (Å²) in [4.78, 5) is 0. The molecule has 4 rings (SSSR count). The molecule has 4 saturated carbocycles. The van der Waals surface area contributed by atoms with Crippen LogP contribution < -0.4 is 0 Å². The molecular weight excluding hydrogens is 384 g/mol. The van der Waals surface area contributed by atoms with E-state index in [9.17, 15) is 5.11 Å². The van der Waals surface area contributed by atoms with Crippen LogP contribution >= 0.6 is 15.9 Å². The Bertz CT molecular complexity index is 506. The number of aliphatic hydroxyl groups is 1. The zero-order chi connectivity index (χ0) is 18.5. The van der Waals surface area contributed by atoms with Gasteiger partial charge in [-0.05, 0) is 111 Å². The fourth-order valence-electron chi connectivity index (χ4n) is 8.74. The molecule has 4 fully saturated rings. The number of alkyl halides is 1. The lowest BCUT2D eigenvalue weighted by molar-refractivity contribution is -0.110. The molecule has 1 N–H and O–H groups in total. The van der Waals surface area contributed by atoms with Crippen molar-refractivity contribution < 1.29 is 5.11 Å². The fraction of sp³-hybridized carbons (Fsp3) is 1.00. The van der Waals surface area contributed by atoms with Gasteiger partial charge in [-0.1, -0.05) is 43.1 Å². The maximum atomic E-state index is 11.0. The van der Waals surface area contributed by atoms with Crippen molar-refractivity contribution in [3.05, 3.63) is 0 Å². The van der Waals surface area contributed by atoms with E-state index in [2.05, 4.69) is 36.7 Å². The van der Waals surface area contributed by atoms with Gasteiger partial charge in [0.05, 0.1) is 5.60 Å². The van der Waals surface area contributed by atoms with Gasteiger partial charge < -0.3 is 5.11 Å². The monoisotopic (exact) mass is 424 g/mol. The van der Waals surface area contributed by atoms with Crippen molar-refractivity contribution in [3.63, 3.8) is 0 Å². The van der Waals surface area contributed by atoms with Crippen LogP contribution in [-0.4, -0.2) is 16.0 Å². The van der Waals surface area contributed by atoms with Crippen molar-refractivity contribution in [2.45, 2.75) is 97.0 Å². The largest absolute Gasteiger partial charge is 0.390 e. The highest BCUT2D eigenvalue weighted by Crippen LogP contribution is 2.65. The second kappa shape index (κ2) is 7.36. The molecule has 0 amide bonds. The molecule has 0 radical (unpaired) electrons. The smallest absolute Gasteiger partial charge is 0.0650 e. The molecule has 0 spiro atoms. The number of hydrogen-bond donors (Lipinski definition) is 1. The summed E-state index contributed by atoms with van der Waals surface area (Å²) in [6, 6.07) is 0. The van der Waals surface area contributed by atoms with Gasteiger partial charge in [-0.15, -0.1) is 0 Å². The third-order valence-corrected chi connectivity index (χ3v) is 10.8. The highest BCUT2D eigenvalue weighted by molar-refractivity contribution is 9.09. The Morgan fingerprint density at radius 1 is 1.00 bits per heavy atom. The molecule has 9 atom stereocenters. The van der Waals surface area contributed by atoms with E-state index in [-0.39, 0.29) is 5.60 Å². The quantitative estimate of drug-likeness (QED) is 0.490. The number of hydrogen-bond acceptors (Lipinski definition) is 1. The fourth-order valence-corrected chi connectivity index (χ4v) is 9.19. The van der Waals surface area contributed by atoms with E-state index in [4.69, 9.17) is 0 Å². The molecule has 0 aromatic heterocycles. The summed E-state index contributed by atoms with van der Waals surface area (Å²) in [5, 5.41) is 12.2. The summed E-state index contributed by atoms with van der Waals surface area (Å²) >= 11 is 3.78. The number of rotatable bonds is 4. The molecule has 4 aliphatic carbocycles. The minimum atomic E-state index is -0.324. The molecule has 0 heterocycles. The van der Waals surface area contributed by atoms with Gasteiger partial charge in [-0.25, -0.2) is 0 Å². The molecule has 0 aliphatic heterocycles. The Morgan fingerprint density at radius 2 is 1.77 bits per heavy atom. The molecule has 0 saturated heterocycles. The van der Waals surface area contributed by atoms with Gasteiger partial charge in [0.15, 0.2) is 0 Å². The average molecular weight is 425 g/mol. The zero-order valence-corrected chi connectivity index (χ0v) is 18.9. The second-order valence-corrected chi connectivity index (χ2v) is 11.7. The third-order valence-electron chi connectivity index (χ3n) is 9.82. The Kier molecular flexibility index (Phi) is 5.59. The Balaban J connectivity index is 1.49. The van der Waals surface area contributed by atoms with Gasteiger partial charge in [-0.3, -0.25) is 0 Å². The maximum Gasteiger partial charge on any atom is 0.0650 e. The van der Waals surface area contributed by atoms with Crippen LogP contribution in [0.5, 0.6) is 0 Å². The lowest BCUT2D eigenvalue weighted by Gasteiger charge is -2.57. The molecule has 1 unspecified atom stereocenters. The van der Waals surface area contributed by atoms with Crippen LogP contribution in [0.25, 0.3) is 0 Å². The van der Waals surface area contributed by atoms with Crippen molar-refractivity contribution in [2.24, 2.45) is 46.8 Å². The van der Waals surface area contributed by atoms with E-state index in [0.29, 0.717) is 5.41 Å². The summed E-state index contributed by atoms with van der Waals surface area (Å²) in [5.74, 6) is 6.50. The Morgan fingerprint density at radius 3 is 2.50 bits per heavy atom. The maximum absolute atomic E-state index is 11.0. The Labute approximate surface area is 170 Å². The van der Waals surface area contributed by atoms with E-state index in [1.54, 1.807) is 0 Å². The zero-order valence-electron chi connectivity index (χ0n) is 17.4. The average Bonchev–Trinajstić information content (AvgIpc) is 2.98. The highest BCUT2D eigenvalue weighted by atomic mass is 79.9.